The van der Waals surface area contributed by atoms with Crippen LogP contribution in [0.3, 0.4) is 0 Å². The summed E-state index contributed by atoms with van der Waals surface area (Å²) in [6, 6.07) is 18.0. The predicted molar refractivity (Wildman–Crippen MR) is 118 cm³/mol. The number of ether oxygens (including phenoxy) is 1. The van der Waals surface area contributed by atoms with Crippen LogP contribution in [0.5, 0.6) is 0 Å². The average molecular weight is 419 g/mol. The molecule has 0 unspecified atom stereocenters. The number of amides is 2. The van der Waals surface area contributed by atoms with Crippen molar-refractivity contribution in [3.63, 3.8) is 0 Å². The Balaban J connectivity index is 1.22. The first-order valence-electron chi connectivity index (χ1n) is 10.5. The van der Waals surface area contributed by atoms with E-state index in [2.05, 4.69) is 10.3 Å². The first-order valence-corrected chi connectivity index (χ1v) is 10.5. The maximum Gasteiger partial charge on any atom is 0.410 e. The number of carbonyl (C=O) groups is 2. The van der Waals surface area contributed by atoms with E-state index in [0.29, 0.717) is 36.6 Å². The number of hydrogen-bond donors (Lipinski definition) is 2. The summed E-state index contributed by atoms with van der Waals surface area (Å²) in [5.41, 5.74) is 2.06. The Hall–Kier alpha value is -3.61. The van der Waals surface area contributed by atoms with Gasteiger partial charge in [0, 0.05) is 36.8 Å². The number of carbonyl (C=O) groups excluding carboxylic acids is 2. The third kappa shape index (κ3) is 5.31. The maximum absolute atomic E-state index is 12.5. The molecule has 0 atom stereocenters. The zero-order chi connectivity index (χ0) is 21.6. The molecule has 1 aliphatic heterocycles. The van der Waals surface area contributed by atoms with Crippen LogP contribution in [0.2, 0.25) is 0 Å². The van der Waals surface area contributed by atoms with Crippen LogP contribution < -0.4 is 10.9 Å². The number of aromatic amines is 1. The first-order chi connectivity index (χ1) is 15.1. The monoisotopic (exact) mass is 419 g/mol. The largest absolute Gasteiger partial charge is 0.445 e. The molecule has 1 aromatic heterocycles. The van der Waals surface area contributed by atoms with E-state index in [1.54, 1.807) is 29.2 Å². The van der Waals surface area contributed by atoms with Crippen molar-refractivity contribution in [2.24, 2.45) is 5.92 Å². The van der Waals surface area contributed by atoms with E-state index in [1.165, 1.54) is 6.07 Å². The smallest absolute Gasteiger partial charge is 0.410 e. The molecule has 2 N–H and O–H groups in total. The van der Waals surface area contributed by atoms with Gasteiger partial charge in [0.05, 0.1) is 0 Å². The number of fused-ring (bicyclic) bond motifs is 1. The molecule has 3 aromatic rings. The molecule has 2 amide bonds. The van der Waals surface area contributed by atoms with Gasteiger partial charge in [0.1, 0.15) is 6.61 Å². The van der Waals surface area contributed by atoms with Gasteiger partial charge in [-0.25, -0.2) is 4.79 Å². The minimum Gasteiger partial charge on any atom is -0.445 e. The fraction of sp³-hybridized carbons (Fsp3) is 0.292. The molecule has 0 radical (unpaired) electrons. The van der Waals surface area contributed by atoms with E-state index in [0.717, 1.165) is 23.8 Å². The van der Waals surface area contributed by atoms with Crippen LogP contribution in [0.15, 0.2) is 65.5 Å². The van der Waals surface area contributed by atoms with Gasteiger partial charge in [0.2, 0.25) is 5.56 Å². The van der Waals surface area contributed by atoms with Gasteiger partial charge in [0.15, 0.2) is 0 Å². The molecule has 2 aromatic carbocycles. The second-order valence-corrected chi connectivity index (χ2v) is 7.81. The number of hydrogen-bond acceptors (Lipinski definition) is 4. The molecule has 1 fully saturated rings. The summed E-state index contributed by atoms with van der Waals surface area (Å²) in [6.07, 6.45) is 1.35. The van der Waals surface area contributed by atoms with Crippen LogP contribution in [0.25, 0.3) is 10.9 Å². The van der Waals surface area contributed by atoms with Crippen LogP contribution >= 0.6 is 0 Å². The lowest BCUT2D eigenvalue weighted by atomic mass is 9.97. The van der Waals surface area contributed by atoms with Crippen molar-refractivity contribution < 1.29 is 14.3 Å². The fourth-order valence-electron chi connectivity index (χ4n) is 3.76. The van der Waals surface area contributed by atoms with Crippen LogP contribution in [0.4, 0.5) is 4.79 Å². The number of piperidine rings is 1. The highest BCUT2D eigenvalue weighted by atomic mass is 16.6. The third-order valence-corrected chi connectivity index (χ3v) is 5.62. The number of rotatable bonds is 5. The van der Waals surface area contributed by atoms with Gasteiger partial charge in [-0.05, 0) is 54.0 Å². The number of nitrogens with zero attached hydrogens (tertiary/aromatic N) is 1. The number of benzene rings is 2. The van der Waals surface area contributed by atoms with Crippen molar-refractivity contribution in [2.45, 2.75) is 19.4 Å². The van der Waals surface area contributed by atoms with Gasteiger partial charge in [0.25, 0.3) is 5.91 Å². The summed E-state index contributed by atoms with van der Waals surface area (Å²) in [6.45, 7) is 2.08. The van der Waals surface area contributed by atoms with Gasteiger partial charge in [-0.1, -0.05) is 30.3 Å². The molecule has 0 saturated carbocycles. The molecule has 31 heavy (non-hydrogen) atoms. The van der Waals surface area contributed by atoms with Crippen molar-refractivity contribution >= 4 is 22.9 Å². The van der Waals surface area contributed by atoms with Crippen molar-refractivity contribution in [2.75, 3.05) is 19.6 Å². The molecule has 0 spiro atoms. The Labute approximate surface area is 180 Å². The van der Waals surface area contributed by atoms with E-state index < -0.39 is 0 Å². The van der Waals surface area contributed by atoms with Gasteiger partial charge in [-0.3, -0.25) is 9.59 Å². The summed E-state index contributed by atoms with van der Waals surface area (Å²) < 4.78 is 5.40. The minimum atomic E-state index is -0.291. The molecule has 1 saturated heterocycles. The zero-order valence-corrected chi connectivity index (χ0v) is 17.2. The Morgan fingerprint density at radius 1 is 1.03 bits per heavy atom. The Morgan fingerprint density at radius 3 is 2.58 bits per heavy atom. The minimum absolute atomic E-state index is 0.141. The van der Waals surface area contributed by atoms with E-state index in [9.17, 15) is 14.4 Å². The summed E-state index contributed by atoms with van der Waals surface area (Å²) in [4.78, 5) is 40.6. The lowest BCUT2D eigenvalue weighted by Gasteiger charge is -2.31. The van der Waals surface area contributed by atoms with E-state index in [4.69, 9.17) is 4.74 Å². The maximum atomic E-state index is 12.5. The number of H-pyrrole nitrogens is 1. The number of likely N-dealkylation sites (tertiary alicyclic amines) is 1. The summed E-state index contributed by atoms with van der Waals surface area (Å²) in [5, 5.41) is 3.80. The SMILES string of the molecule is O=C(NCC1CCN(C(=O)OCc2ccccc2)CC1)c1ccc2[nH]c(=O)ccc2c1. The summed E-state index contributed by atoms with van der Waals surface area (Å²) in [7, 11) is 0. The Kier molecular flexibility index (Phi) is 6.31. The lowest BCUT2D eigenvalue weighted by Crippen LogP contribution is -2.41. The summed E-state index contributed by atoms with van der Waals surface area (Å²) in [5.74, 6) is 0.178. The highest BCUT2D eigenvalue weighted by molar-refractivity contribution is 5.97. The second kappa shape index (κ2) is 9.47. The lowest BCUT2D eigenvalue weighted by molar-refractivity contribution is 0.0801. The third-order valence-electron chi connectivity index (χ3n) is 5.62. The van der Waals surface area contributed by atoms with Crippen LogP contribution in [0, 0.1) is 5.92 Å². The zero-order valence-electron chi connectivity index (χ0n) is 17.2. The fourth-order valence-corrected chi connectivity index (χ4v) is 3.76. The van der Waals surface area contributed by atoms with Crippen LogP contribution in [0.1, 0.15) is 28.8 Å². The van der Waals surface area contributed by atoms with Gasteiger partial charge >= 0.3 is 6.09 Å². The van der Waals surface area contributed by atoms with Gasteiger partial charge < -0.3 is 19.9 Å². The van der Waals surface area contributed by atoms with E-state index in [1.807, 2.05) is 30.3 Å². The topological polar surface area (TPSA) is 91.5 Å². The van der Waals surface area contributed by atoms with Gasteiger partial charge in [-0.15, -0.1) is 0 Å². The van der Waals surface area contributed by atoms with E-state index >= 15 is 0 Å². The molecular formula is C24H25N3O4. The van der Waals surface area contributed by atoms with Gasteiger partial charge in [-0.2, -0.15) is 0 Å². The number of pyridine rings is 1. The molecule has 0 aliphatic carbocycles. The first kappa shape index (κ1) is 20.7. The molecule has 7 nitrogen and oxygen atoms in total. The predicted octanol–water partition coefficient (Wildman–Crippen LogP) is 3.31. The molecule has 0 bridgehead atoms. The molecule has 4 rings (SSSR count). The second-order valence-electron chi connectivity index (χ2n) is 7.81. The Bertz CT molecular complexity index is 1120. The van der Waals surface area contributed by atoms with Crippen molar-refractivity contribution in [1.82, 2.24) is 15.2 Å². The number of nitrogens with one attached hydrogen (secondary N) is 2. The highest BCUT2D eigenvalue weighted by Gasteiger charge is 2.24. The normalized spacial score (nSPS) is 14.4. The molecular weight excluding hydrogens is 394 g/mol. The summed E-state index contributed by atoms with van der Waals surface area (Å²) >= 11 is 0. The average Bonchev–Trinajstić information content (AvgIpc) is 2.81. The van der Waals surface area contributed by atoms with Crippen LogP contribution in [-0.2, 0) is 11.3 Å². The quantitative estimate of drug-likeness (QED) is 0.664. The molecule has 7 heteroatoms. The molecule has 1 aliphatic rings. The Morgan fingerprint density at radius 2 is 1.81 bits per heavy atom. The standard InChI is InChI=1S/C24H25N3O4/c28-22-9-7-19-14-20(6-8-21(19)26-22)23(29)25-15-17-10-12-27(13-11-17)24(30)31-16-18-4-2-1-3-5-18/h1-9,14,17H,10-13,15-16H2,(H,25,29)(H,26,28). The van der Waals surface area contributed by atoms with Crippen molar-refractivity contribution in [3.05, 3.63) is 82.1 Å². The van der Waals surface area contributed by atoms with Crippen LogP contribution in [-0.4, -0.2) is 41.5 Å². The van der Waals surface area contributed by atoms with Crippen molar-refractivity contribution in [3.8, 4) is 0 Å². The number of aromatic nitrogens is 1. The van der Waals surface area contributed by atoms with Crippen molar-refractivity contribution in [1.29, 1.82) is 0 Å². The molecule has 160 valence electrons. The molecule has 2 heterocycles. The van der Waals surface area contributed by atoms with E-state index in [-0.39, 0.29) is 24.2 Å². The highest BCUT2D eigenvalue weighted by Crippen LogP contribution is 2.18.